The van der Waals surface area contributed by atoms with E-state index >= 15 is 0 Å². The summed E-state index contributed by atoms with van der Waals surface area (Å²) in [5.74, 6) is 0. The van der Waals surface area contributed by atoms with Gasteiger partial charge in [-0.2, -0.15) is 0 Å². The number of rotatable bonds is 6. The van der Waals surface area contributed by atoms with Crippen LogP contribution in [0.2, 0.25) is 0 Å². The highest BCUT2D eigenvalue weighted by atomic mass is 31.3. The quantitative estimate of drug-likeness (QED) is 0.434. The molecule has 0 aromatic heterocycles. The van der Waals surface area contributed by atoms with Crippen molar-refractivity contribution in [2.45, 2.75) is 39.5 Å². The molecular formula is C18H20O6P2. The maximum Gasteiger partial charge on any atom is 0.477 e. The third-order valence-electron chi connectivity index (χ3n) is 5.10. The minimum atomic E-state index is -5.12. The zero-order chi connectivity index (χ0) is 18.9. The molecule has 8 heteroatoms. The van der Waals surface area contributed by atoms with Gasteiger partial charge in [-0.15, -0.1) is 0 Å². The van der Waals surface area contributed by atoms with Gasteiger partial charge in [0.1, 0.15) is 0 Å². The van der Waals surface area contributed by atoms with Crippen molar-refractivity contribution in [2.24, 2.45) is 0 Å². The third kappa shape index (κ3) is 3.01. The lowest BCUT2D eigenvalue weighted by Crippen LogP contribution is -2.15. The standard InChI is InChI=1S/C18H20O6P2/c1-3-13-14(4-2)17(11-6-5-10-7-12(10)8-11)18(16-9-15(13)16)25(19,20)24-26(21,22)23/h5-6,8H,3-4,7,9H2,1-2H3,(H,19,20)(H2,21,22,23). The van der Waals surface area contributed by atoms with E-state index in [2.05, 4.69) is 4.31 Å². The number of hydrogen-bond donors (Lipinski definition) is 3. The molecule has 0 saturated carbocycles. The molecule has 2 aromatic carbocycles. The van der Waals surface area contributed by atoms with Crippen LogP contribution < -0.4 is 5.30 Å². The van der Waals surface area contributed by atoms with Crippen LogP contribution in [-0.4, -0.2) is 14.7 Å². The van der Waals surface area contributed by atoms with Crippen LogP contribution >= 0.6 is 15.4 Å². The first kappa shape index (κ1) is 18.1. The van der Waals surface area contributed by atoms with Gasteiger partial charge in [0.25, 0.3) is 0 Å². The highest BCUT2D eigenvalue weighted by molar-refractivity contribution is 7.69. The molecule has 26 heavy (non-hydrogen) atoms. The van der Waals surface area contributed by atoms with Crippen LogP contribution in [0.1, 0.15) is 47.2 Å². The molecule has 0 fully saturated rings. The van der Waals surface area contributed by atoms with Crippen molar-refractivity contribution in [2.75, 3.05) is 0 Å². The fraction of sp³-hybridized carbons (Fsp3) is 0.333. The van der Waals surface area contributed by atoms with Gasteiger partial charge in [-0.05, 0) is 64.6 Å². The first-order chi connectivity index (χ1) is 12.2. The maximum atomic E-state index is 12.9. The zero-order valence-electron chi connectivity index (χ0n) is 14.5. The lowest BCUT2D eigenvalue weighted by atomic mass is 9.92. The van der Waals surface area contributed by atoms with Gasteiger partial charge in [-0.3, -0.25) is 4.57 Å². The molecule has 0 saturated heterocycles. The third-order valence-corrected chi connectivity index (χ3v) is 7.90. The second-order valence-electron chi connectivity index (χ2n) is 6.77. The normalized spacial score (nSPS) is 16.7. The molecule has 2 aromatic rings. The van der Waals surface area contributed by atoms with Crippen molar-refractivity contribution in [1.82, 2.24) is 0 Å². The highest BCUT2D eigenvalue weighted by Gasteiger charge is 2.43. The van der Waals surface area contributed by atoms with E-state index in [9.17, 15) is 14.0 Å². The van der Waals surface area contributed by atoms with E-state index in [4.69, 9.17) is 9.79 Å². The summed E-state index contributed by atoms with van der Waals surface area (Å²) < 4.78 is 28.5. The Morgan fingerprint density at radius 2 is 1.65 bits per heavy atom. The molecule has 2 aliphatic carbocycles. The van der Waals surface area contributed by atoms with Gasteiger partial charge < -0.3 is 14.7 Å². The first-order valence-corrected chi connectivity index (χ1v) is 11.7. The van der Waals surface area contributed by atoms with Gasteiger partial charge >= 0.3 is 15.4 Å². The minimum Gasteiger partial charge on any atom is -0.321 e. The topological polar surface area (TPSA) is 104 Å². The second kappa shape index (κ2) is 5.87. The van der Waals surface area contributed by atoms with Crippen LogP contribution in [0.4, 0.5) is 0 Å². The number of phosphoric acid groups is 1. The van der Waals surface area contributed by atoms with Crippen LogP contribution in [0.15, 0.2) is 18.2 Å². The Balaban J connectivity index is 2.01. The van der Waals surface area contributed by atoms with Crippen LogP contribution in [0.3, 0.4) is 0 Å². The fourth-order valence-electron chi connectivity index (χ4n) is 3.95. The lowest BCUT2D eigenvalue weighted by molar-refractivity contribution is 0.268. The second-order valence-corrected chi connectivity index (χ2v) is 9.90. The van der Waals surface area contributed by atoms with E-state index in [1.807, 2.05) is 32.0 Å². The zero-order valence-corrected chi connectivity index (χ0v) is 16.3. The average Bonchev–Trinajstić information content (AvgIpc) is 3.42. The molecule has 4 rings (SSSR count). The summed E-state index contributed by atoms with van der Waals surface area (Å²) in [6.07, 6.45) is 2.94. The van der Waals surface area contributed by atoms with Gasteiger partial charge in [-0.1, -0.05) is 32.0 Å². The number of benzene rings is 2. The van der Waals surface area contributed by atoms with Crippen molar-refractivity contribution in [3.05, 3.63) is 51.6 Å². The van der Waals surface area contributed by atoms with Gasteiger partial charge in [0, 0.05) is 5.56 Å². The monoisotopic (exact) mass is 394 g/mol. The Hall–Kier alpha value is -1.26. The summed E-state index contributed by atoms with van der Waals surface area (Å²) in [5.41, 5.74) is 7.70. The first-order valence-electron chi connectivity index (χ1n) is 8.58. The highest BCUT2D eigenvalue weighted by Crippen LogP contribution is 2.60. The van der Waals surface area contributed by atoms with Crippen LogP contribution in [0.5, 0.6) is 0 Å². The molecule has 0 radical (unpaired) electrons. The van der Waals surface area contributed by atoms with Gasteiger partial charge in [0.2, 0.25) is 0 Å². The lowest BCUT2D eigenvalue weighted by Gasteiger charge is -2.21. The van der Waals surface area contributed by atoms with E-state index in [0.717, 1.165) is 29.5 Å². The van der Waals surface area contributed by atoms with Crippen LogP contribution in [0, 0.1) is 0 Å². The molecule has 0 aliphatic heterocycles. The molecule has 2 aliphatic rings. The van der Waals surface area contributed by atoms with E-state index in [-0.39, 0.29) is 5.30 Å². The summed E-state index contributed by atoms with van der Waals surface area (Å²) in [6, 6.07) is 5.91. The average molecular weight is 394 g/mol. The van der Waals surface area contributed by atoms with Crippen molar-refractivity contribution in [3.63, 3.8) is 0 Å². The van der Waals surface area contributed by atoms with Gasteiger partial charge in [0.05, 0.1) is 5.30 Å². The van der Waals surface area contributed by atoms with Crippen molar-refractivity contribution < 1.29 is 28.1 Å². The summed E-state index contributed by atoms with van der Waals surface area (Å²) in [4.78, 5) is 28.7. The molecule has 0 amide bonds. The summed E-state index contributed by atoms with van der Waals surface area (Å²) in [7, 11) is -9.80. The molecule has 0 heterocycles. The van der Waals surface area contributed by atoms with E-state index in [0.29, 0.717) is 24.0 Å². The van der Waals surface area contributed by atoms with Gasteiger partial charge in [-0.25, -0.2) is 8.88 Å². The molecule has 1 atom stereocenters. The van der Waals surface area contributed by atoms with Crippen LogP contribution in [-0.2, 0) is 39.1 Å². The predicted octanol–water partition coefficient (Wildman–Crippen LogP) is 3.21. The Bertz CT molecular complexity index is 1040. The molecule has 0 bridgehead atoms. The van der Waals surface area contributed by atoms with Crippen molar-refractivity contribution >= 4 is 20.7 Å². The van der Waals surface area contributed by atoms with E-state index < -0.39 is 15.4 Å². The van der Waals surface area contributed by atoms with Crippen molar-refractivity contribution in [1.29, 1.82) is 0 Å². The Morgan fingerprint density at radius 1 is 0.962 bits per heavy atom. The SMILES string of the molecule is CCc1c2c(c(P(=O)(O)OP(=O)(O)O)c(-c3ccc4c(c3)C4)c1CC)C2. The Labute approximate surface area is 151 Å². The van der Waals surface area contributed by atoms with Crippen LogP contribution in [0.25, 0.3) is 11.1 Å². The fourth-order valence-corrected chi connectivity index (χ4v) is 6.53. The number of fused-ring (bicyclic) bond motifs is 2. The molecule has 6 nitrogen and oxygen atoms in total. The van der Waals surface area contributed by atoms with E-state index in [1.165, 1.54) is 16.7 Å². The Morgan fingerprint density at radius 3 is 2.23 bits per heavy atom. The minimum absolute atomic E-state index is 0.0606. The molecular weight excluding hydrogens is 374 g/mol. The molecule has 1 unspecified atom stereocenters. The van der Waals surface area contributed by atoms with E-state index in [1.54, 1.807) is 0 Å². The molecule has 0 spiro atoms. The maximum absolute atomic E-state index is 12.9. The molecule has 3 N–H and O–H groups in total. The molecule has 138 valence electrons. The predicted molar refractivity (Wildman–Crippen MR) is 98.8 cm³/mol. The largest absolute Gasteiger partial charge is 0.477 e. The summed E-state index contributed by atoms with van der Waals surface area (Å²) in [5, 5.41) is 0.0606. The summed E-state index contributed by atoms with van der Waals surface area (Å²) >= 11 is 0. The van der Waals surface area contributed by atoms with Gasteiger partial charge in [0.15, 0.2) is 0 Å². The van der Waals surface area contributed by atoms with Crippen molar-refractivity contribution in [3.8, 4) is 11.1 Å². The smallest absolute Gasteiger partial charge is 0.321 e. The summed E-state index contributed by atoms with van der Waals surface area (Å²) in [6.45, 7) is 4.03. The Kier molecular flexibility index (Phi) is 4.09. The number of hydrogen-bond acceptors (Lipinski definition) is 3.